The number of amides is 1. The van der Waals surface area contributed by atoms with Gasteiger partial charge in [-0.15, -0.1) is 0 Å². The van der Waals surface area contributed by atoms with Crippen LogP contribution in [0.25, 0.3) is 0 Å². The van der Waals surface area contributed by atoms with Crippen LogP contribution in [-0.2, 0) is 24.3 Å². The van der Waals surface area contributed by atoms with Gasteiger partial charge < -0.3 is 15.2 Å². The minimum absolute atomic E-state index is 0.290. The van der Waals surface area contributed by atoms with Crippen LogP contribution < -0.4 is 5.32 Å². The smallest absolute Gasteiger partial charge is 0.304 e. The fraction of sp³-hybridized carbons (Fsp3) is 0.778. The van der Waals surface area contributed by atoms with Crippen LogP contribution in [0.15, 0.2) is 0 Å². The predicted octanol–water partition coefficient (Wildman–Crippen LogP) is -1.51. The second-order valence-electron chi connectivity index (χ2n) is 3.56. The maximum absolute atomic E-state index is 11.6. The van der Waals surface area contributed by atoms with Crippen LogP contribution in [0, 0.1) is 0 Å². The van der Waals surface area contributed by atoms with E-state index < -0.39 is 34.1 Å². The number of hydrogen-bond acceptors (Lipinski definition) is 5. The van der Waals surface area contributed by atoms with Crippen molar-refractivity contribution >= 4 is 21.9 Å². The van der Waals surface area contributed by atoms with E-state index in [4.69, 9.17) is 9.84 Å². The molecule has 1 amide bonds. The Morgan fingerprint density at radius 1 is 1.39 bits per heavy atom. The molecule has 0 rings (SSSR count). The molecular formula is C9H18N2O6S. The van der Waals surface area contributed by atoms with E-state index in [1.807, 2.05) is 0 Å². The Kier molecular flexibility index (Phi) is 7.48. The van der Waals surface area contributed by atoms with E-state index >= 15 is 0 Å². The monoisotopic (exact) mass is 282 g/mol. The zero-order chi connectivity index (χ0) is 14.2. The molecule has 0 bridgehead atoms. The van der Waals surface area contributed by atoms with Gasteiger partial charge in [-0.05, 0) is 0 Å². The number of nitrogens with one attached hydrogen (secondary N) is 1. The number of ether oxygens (including phenoxy) is 1. The molecule has 9 heteroatoms. The summed E-state index contributed by atoms with van der Waals surface area (Å²) >= 11 is 0. The van der Waals surface area contributed by atoms with Gasteiger partial charge in [0.15, 0.2) is 0 Å². The number of sulfonamides is 1. The third-order valence-electron chi connectivity index (χ3n) is 2.04. The maximum Gasteiger partial charge on any atom is 0.304 e. The van der Waals surface area contributed by atoms with Gasteiger partial charge in [-0.2, -0.15) is 4.31 Å². The number of carboxylic acid groups (broad SMARTS) is 1. The molecule has 0 aliphatic rings. The summed E-state index contributed by atoms with van der Waals surface area (Å²) in [6.45, 7) is 0.283. The van der Waals surface area contributed by atoms with Crippen molar-refractivity contribution in [2.75, 3.05) is 39.6 Å². The molecule has 0 radical (unpaired) electrons. The number of carboxylic acids is 1. The number of carbonyl (C=O) groups excluding carboxylic acids is 1. The van der Waals surface area contributed by atoms with Crippen molar-refractivity contribution in [1.29, 1.82) is 0 Å². The first-order chi connectivity index (χ1) is 8.29. The quantitative estimate of drug-likeness (QED) is 0.497. The van der Waals surface area contributed by atoms with E-state index in [1.165, 1.54) is 14.2 Å². The molecule has 106 valence electrons. The molecule has 0 aromatic heterocycles. The van der Waals surface area contributed by atoms with Gasteiger partial charge in [0.25, 0.3) is 0 Å². The highest BCUT2D eigenvalue weighted by Crippen LogP contribution is 2.00. The van der Waals surface area contributed by atoms with Crippen LogP contribution in [0.2, 0.25) is 0 Å². The number of rotatable bonds is 9. The van der Waals surface area contributed by atoms with Gasteiger partial charge in [0.2, 0.25) is 15.9 Å². The standard InChI is InChI=1S/C9H18N2O6S/c1-11(7-8(12)10-4-5-17-2)18(15,16)6-3-9(13)14/h3-7H2,1-2H3,(H,10,12)(H,13,14). The number of likely N-dealkylation sites (N-methyl/N-ethyl adjacent to an activating group) is 1. The Hall–Kier alpha value is -1.19. The van der Waals surface area contributed by atoms with Crippen molar-refractivity contribution in [3.8, 4) is 0 Å². The van der Waals surface area contributed by atoms with Gasteiger partial charge in [-0.25, -0.2) is 8.42 Å². The molecule has 0 aliphatic carbocycles. The maximum atomic E-state index is 11.6. The summed E-state index contributed by atoms with van der Waals surface area (Å²) in [5.41, 5.74) is 0. The first-order valence-corrected chi connectivity index (χ1v) is 6.82. The topological polar surface area (TPSA) is 113 Å². The number of nitrogens with zero attached hydrogens (tertiary/aromatic N) is 1. The summed E-state index contributed by atoms with van der Waals surface area (Å²) in [6.07, 6.45) is -0.488. The summed E-state index contributed by atoms with van der Waals surface area (Å²) in [5.74, 6) is -2.19. The van der Waals surface area contributed by atoms with E-state index in [0.29, 0.717) is 13.2 Å². The summed E-state index contributed by atoms with van der Waals surface area (Å²) < 4.78 is 28.7. The minimum atomic E-state index is -3.72. The van der Waals surface area contributed by atoms with Gasteiger partial charge in [-0.1, -0.05) is 0 Å². The molecule has 0 saturated carbocycles. The Balaban J connectivity index is 4.17. The molecule has 0 saturated heterocycles. The third-order valence-corrected chi connectivity index (χ3v) is 3.84. The molecule has 8 nitrogen and oxygen atoms in total. The summed E-state index contributed by atoms with van der Waals surface area (Å²) in [4.78, 5) is 21.6. The lowest BCUT2D eigenvalue weighted by atomic mass is 10.5. The van der Waals surface area contributed by atoms with E-state index in [1.54, 1.807) is 0 Å². The predicted molar refractivity (Wildman–Crippen MR) is 63.6 cm³/mol. The molecular weight excluding hydrogens is 264 g/mol. The molecule has 0 heterocycles. The van der Waals surface area contributed by atoms with Crippen molar-refractivity contribution in [2.45, 2.75) is 6.42 Å². The second kappa shape index (κ2) is 8.01. The molecule has 0 aliphatic heterocycles. The number of aliphatic carboxylic acids is 1. The van der Waals surface area contributed by atoms with E-state index in [-0.39, 0.29) is 6.54 Å². The van der Waals surface area contributed by atoms with Crippen LogP contribution in [0.4, 0.5) is 0 Å². The SMILES string of the molecule is COCCNC(=O)CN(C)S(=O)(=O)CCC(=O)O. The van der Waals surface area contributed by atoms with Gasteiger partial charge >= 0.3 is 5.97 Å². The van der Waals surface area contributed by atoms with Gasteiger partial charge in [0, 0.05) is 20.7 Å². The van der Waals surface area contributed by atoms with Crippen molar-refractivity contribution in [1.82, 2.24) is 9.62 Å². The van der Waals surface area contributed by atoms with Gasteiger partial charge in [-0.3, -0.25) is 9.59 Å². The molecule has 0 atom stereocenters. The van der Waals surface area contributed by atoms with Crippen LogP contribution in [0.1, 0.15) is 6.42 Å². The molecule has 18 heavy (non-hydrogen) atoms. The van der Waals surface area contributed by atoms with Crippen molar-refractivity contribution in [2.24, 2.45) is 0 Å². The Morgan fingerprint density at radius 3 is 2.50 bits per heavy atom. The number of hydrogen-bond donors (Lipinski definition) is 2. The van der Waals surface area contributed by atoms with Crippen molar-refractivity contribution < 1.29 is 27.9 Å². The van der Waals surface area contributed by atoms with Crippen LogP contribution in [0.3, 0.4) is 0 Å². The number of carbonyl (C=O) groups is 2. The molecule has 0 fully saturated rings. The fourth-order valence-electron chi connectivity index (χ4n) is 1.02. The van der Waals surface area contributed by atoms with E-state index in [0.717, 1.165) is 4.31 Å². The van der Waals surface area contributed by atoms with Gasteiger partial charge in [0.1, 0.15) is 0 Å². The molecule has 2 N–H and O–H groups in total. The average molecular weight is 282 g/mol. The highest BCUT2D eigenvalue weighted by molar-refractivity contribution is 7.89. The van der Waals surface area contributed by atoms with Gasteiger partial charge in [0.05, 0.1) is 25.3 Å². The normalized spacial score (nSPS) is 11.5. The molecule has 0 spiro atoms. The summed E-state index contributed by atoms with van der Waals surface area (Å²) in [7, 11) is -1.01. The van der Waals surface area contributed by atoms with Crippen molar-refractivity contribution in [3.05, 3.63) is 0 Å². The van der Waals surface area contributed by atoms with Crippen molar-refractivity contribution in [3.63, 3.8) is 0 Å². The van der Waals surface area contributed by atoms with E-state index in [9.17, 15) is 18.0 Å². The largest absolute Gasteiger partial charge is 0.481 e. The van der Waals surface area contributed by atoms with Crippen LogP contribution in [-0.4, -0.2) is 69.3 Å². The zero-order valence-electron chi connectivity index (χ0n) is 10.4. The highest BCUT2D eigenvalue weighted by Gasteiger charge is 2.21. The third kappa shape index (κ3) is 7.20. The second-order valence-corrected chi connectivity index (χ2v) is 5.75. The molecule has 0 aromatic carbocycles. The molecule has 0 aromatic rings. The average Bonchev–Trinajstić information content (AvgIpc) is 2.26. The highest BCUT2D eigenvalue weighted by atomic mass is 32.2. The zero-order valence-corrected chi connectivity index (χ0v) is 11.2. The van der Waals surface area contributed by atoms with Crippen LogP contribution in [0.5, 0.6) is 0 Å². The lowest BCUT2D eigenvalue weighted by Crippen LogP contribution is -2.40. The fourth-order valence-corrected chi connectivity index (χ4v) is 2.08. The Bertz CT molecular complexity index is 381. The molecule has 0 unspecified atom stereocenters. The first-order valence-electron chi connectivity index (χ1n) is 5.21. The lowest BCUT2D eigenvalue weighted by molar-refractivity contribution is -0.136. The lowest BCUT2D eigenvalue weighted by Gasteiger charge is -2.16. The summed E-state index contributed by atoms with van der Waals surface area (Å²) in [5, 5.41) is 10.9. The summed E-state index contributed by atoms with van der Waals surface area (Å²) in [6, 6.07) is 0. The Labute approximate surface area is 106 Å². The van der Waals surface area contributed by atoms with Crippen LogP contribution >= 0.6 is 0 Å². The first kappa shape index (κ1) is 16.8. The minimum Gasteiger partial charge on any atom is -0.481 e. The van der Waals surface area contributed by atoms with E-state index in [2.05, 4.69) is 5.32 Å². The number of methoxy groups -OCH3 is 1. The Morgan fingerprint density at radius 2 is 2.00 bits per heavy atom.